The second-order valence-corrected chi connectivity index (χ2v) is 8.21. The van der Waals surface area contributed by atoms with Crippen molar-refractivity contribution in [3.63, 3.8) is 0 Å². The summed E-state index contributed by atoms with van der Waals surface area (Å²) >= 11 is 0. The predicted octanol–water partition coefficient (Wildman–Crippen LogP) is 6.07. The normalized spacial score (nSPS) is 12.3. The van der Waals surface area contributed by atoms with Gasteiger partial charge in [0, 0.05) is 16.7 Å². The van der Waals surface area contributed by atoms with Crippen molar-refractivity contribution in [2.24, 2.45) is 10.3 Å². The number of rotatable bonds is 9. The molecule has 0 N–H and O–H groups in total. The number of hydrogen-bond acceptors (Lipinski definition) is 6. The van der Waals surface area contributed by atoms with Crippen molar-refractivity contribution >= 4 is 17.4 Å². The Balaban J connectivity index is 1.88. The fourth-order valence-corrected chi connectivity index (χ4v) is 3.83. The maximum Gasteiger partial charge on any atom is 0.417 e. The first-order valence-electron chi connectivity index (χ1n) is 11.3. The van der Waals surface area contributed by atoms with Gasteiger partial charge in [-0.05, 0) is 43.0 Å². The van der Waals surface area contributed by atoms with E-state index < -0.39 is 17.7 Å². The third-order valence-electron chi connectivity index (χ3n) is 5.67. The Bertz CT molecular complexity index is 1300. The van der Waals surface area contributed by atoms with Crippen molar-refractivity contribution < 1.29 is 32.4 Å². The van der Waals surface area contributed by atoms with Gasteiger partial charge in [-0.2, -0.15) is 13.2 Å². The van der Waals surface area contributed by atoms with Crippen LogP contribution in [0.1, 0.15) is 45.9 Å². The molecular weight excluding hydrogens is 485 g/mol. The van der Waals surface area contributed by atoms with Crippen molar-refractivity contribution in [2.75, 3.05) is 14.2 Å². The van der Waals surface area contributed by atoms with Crippen molar-refractivity contribution in [2.45, 2.75) is 33.1 Å². The van der Waals surface area contributed by atoms with Gasteiger partial charge in [0.15, 0.2) is 5.71 Å². The third kappa shape index (κ3) is 6.97. The Morgan fingerprint density at radius 1 is 0.892 bits per heavy atom. The summed E-state index contributed by atoms with van der Waals surface area (Å²) in [5.41, 5.74) is 2.31. The van der Waals surface area contributed by atoms with E-state index in [-0.39, 0.29) is 23.6 Å². The summed E-state index contributed by atoms with van der Waals surface area (Å²) < 4.78 is 46.6. The van der Waals surface area contributed by atoms with Gasteiger partial charge in [0.25, 0.3) is 0 Å². The first kappa shape index (κ1) is 27.4. The SMILES string of the molecule is CO/N=C(/C(=O)OC)c1cccc(C)c1CO/N=C(\C)c1ccc(Cc2ccccc2)cc1C(F)(F)F. The summed E-state index contributed by atoms with van der Waals surface area (Å²) in [4.78, 5) is 22.4. The van der Waals surface area contributed by atoms with Crippen LogP contribution in [0, 0.1) is 6.92 Å². The number of benzene rings is 3. The van der Waals surface area contributed by atoms with Crippen LogP contribution in [0.25, 0.3) is 0 Å². The number of carbonyl (C=O) groups excluding carboxylic acids is 1. The molecule has 194 valence electrons. The van der Waals surface area contributed by atoms with Crippen LogP contribution in [-0.2, 0) is 38.4 Å². The van der Waals surface area contributed by atoms with Crippen LogP contribution >= 0.6 is 0 Å². The quantitative estimate of drug-likeness (QED) is 0.198. The summed E-state index contributed by atoms with van der Waals surface area (Å²) in [6.45, 7) is 3.13. The van der Waals surface area contributed by atoms with Gasteiger partial charge < -0.3 is 14.4 Å². The van der Waals surface area contributed by atoms with E-state index in [4.69, 9.17) is 14.4 Å². The molecule has 3 aromatic rings. The van der Waals surface area contributed by atoms with Crippen LogP contribution in [0.3, 0.4) is 0 Å². The minimum Gasteiger partial charge on any atom is -0.464 e. The Kier molecular flexibility index (Phi) is 9.05. The number of alkyl halides is 3. The van der Waals surface area contributed by atoms with E-state index >= 15 is 0 Å². The van der Waals surface area contributed by atoms with Crippen molar-refractivity contribution in [1.29, 1.82) is 0 Å². The molecule has 0 aromatic heterocycles. The molecule has 6 nitrogen and oxygen atoms in total. The van der Waals surface area contributed by atoms with Gasteiger partial charge in [-0.25, -0.2) is 4.79 Å². The Labute approximate surface area is 213 Å². The Morgan fingerprint density at radius 2 is 1.62 bits per heavy atom. The van der Waals surface area contributed by atoms with Crippen LogP contribution in [0.5, 0.6) is 0 Å². The lowest BCUT2D eigenvalue weighted by Crippen LogP contribution is -2.20. The summed E-state index contributed by atoms with van der Waals surface area (Å²) in [7, 11) is 2.52. The highest BCUT2D eigenvalue weighted by atomic mass is 19.4. The lowest BCUT2D eigenvalue weighted by atomic mass is 9.97. The molecule has 0 fully saturated rings. The zero-order chi connectivity index (χ0) is 27.0. The third-order valence-corrected chi connectivity index (χ3v) is 5.67. The Morgan fingerprint density at radius 3 is 2.27 bits per heavy atom. The molecule has 0 unspecified atom stereocenters. The van der Waals surface area contributed by atoms with Gasteiger partial charge in [0.1, 0.15) is 13.7 Å². The number of nitrogens with zero attached hydrogens (tertiary/aromatic N) is 2. The highest BCUT2D eigenvalue weighted by Gasteiger charge is 2.34. The monoisotopic (exact) mass is 512 g/mol. The van der Waals surface area contributed by atoms with Gasteiger partial charge in [0.2, 0.25) is 0 Å². The fourth-order valence-electron chi connectivity index (χ4n) is 3.83. The molecule has 0 saturated carbocycles. The van der Waals surface area contributed by atoms with E-state index in [2.05, 4.69) is 10.3 Å². The van der Waals surface area contributed by atoms with Crippen LogP contribution in [0.2, 0.25) is 0 Å². The molecule has 0 aliphatic carbocycles. The van der Waals surface area contributed by atoms with Crippen molar-refractivity contribution in [3.05, 3.63) is 106 Å². The minimum absolute atomic E-state index is 0.0625. The number of carbonyl (C=O) groups is 1. The molecule has 3 aromatic carbocycles. The maximum atomic E-state index is 13.9. The molecule has 37 heavy (non-hydrogen) atoms. The molecule has 0 saturated heterocycles. The summed E-state index contributed by atoms with van der Waals surface area (Å²) in [6, 6.07) is 18.6. The average molecular weight is 513 g/mol. The molecule has 0 spiro atoms. The minimum atomic E-state index is -4.58. The topological polar surface area (TPSA) is 69.5 Å². The van der Waals surface area contributed by atoms with Gasteiger partial charge in [-0.1, -0.05) is 71.0 Å². The molecule has 0 radical (unpaired) electrons. The maximum absolute atomic E-state index is 13.9. The number of oxime groups is 2. The predicted molar refractivity (Wildman–Crippen MR) is 134 cm³/mol. The molecule has 3 rings (SSSR count). The second-order valence-electron chi connectivity index (χ2n) is 8.21. The molecule has 0 bridgehead atoms. The van der Waals surface area contributed by atoms with Crippen molar-refractivity contribution in [3.8, 4) is 0 Å². The lowest BCUT2D eigenvalue weighted by molar-refractivity contribution is -0.137. The zero-order valence-electron chi connectivity index (χ0n) is 20.9. The van der Waals surface area contributed by atoms with Crippen LogP contribution in [0.4, 0.5) is 13.2 Å². The highest BCUT2D eigenvalue weighted by molar-refractivity contribution is 6.43. The number of hydrogen-bond donors (Lipinski definition) is 0. The van der Waals surface area contributed by atoms with Gasteiger partial charge in [0.05, 0.1) is 18.4 Å². The fraction of sp³-hybridized carbons (Fsp3) is 0.250. The molecule has 9 heteroatoms. The number of aryl methyl sites for hydroxylation is 1. The summed E-state index contributed by atoms with van der Waals surface area (Å²) in [6.07, 6.45) is -4.20. The largest absolute Gasteiger partial charge is 0.464 e. The zero-order valence-corrected chi connectivity index (χ0v) is 20.9. The van der Waals surface area contributed by atoms with E-state index in [0.29, 0.717) is 23.1 Å². The van der Waals surface area contributed by atoms with Gasteiger partial charge in [-0.15, -0.1) is 0 Å². The van der Waals surface area contributed by atoms with Crippen molar-refractivity contribution in [1.82, 2.24) is 0 Å². The van der Waals surface area contributed by atoms with E-state index in [0.717, 1.165) is 17.2 Å². The first-order chi connectivity index (χ1) is 17.7. The van der Waals surface area contributed by atoms with Crippen LogP contribution in [-0.4, -0.2) is 31.6 Å². The molecule has 0 atom stereocenters. The second kappa shape index (κ2) is 12.2. The molecular formula is C28H27F3N2O4. The average Bonchev–Trinajstić information content (AvgIpc) is 2.88. The van der Waals surface area contributed by atoms with Crippen LogP contribution in [0.15, 0.2) is 77.0 Å². The van der Waals surface area contributed by atoms with Crippen LogP contribution < -0.4 is 0 Å². The number of ether oxygens (including phenoxy) is 1. The number of methoxy groups -OCH3 is 1. The molecule has 0 aliphatic rings. The van der Waals surface area contributed by atoms with E-state index in [1.54, 1.807) is 31.2 Å². The number of halogens is 3. The highest BCUT2D eigenvalue weighted by Crippen LogP contribution is 2.33. The standard InChI is InChI=1S/C28H27F3N2O4/c1-18-9-8-12-23(26(33-36-4)27(34)35-3)24(18)17-37-32-19(2)22-14-13-21(16-25(22)28(29,30)31)15-20-10-6-5-7-11-20/h5-14,16H,15,17H2,1-4H3/b32-19+,33-26+. The molecule has 0 aliphatic heterocycles. The number of esters is 1. The Hall–Kier alpha value is -4.14. The van der Waals surface area contributed by atoms with E-state index in [1.165, 1.54) is 27.2 Å². The summed E-state index contributed by atoms with van der Waals surface area (Å²) in [5, 5.41) is 7.72. The van der Waals surface area contributed by atoms with Gasteiger partial charge >= 0.3 is 12.1 Å². The van der Waals surface area contributed by atoms with E-state index in [1.807, 2.05) is 30.3 Å². The van der Waals surface area contributed by atoms with E-state index in [9.17, 15) is 18.0 Å². The smallest absolute Gasteiger partial charge is 0.417 e. The molecule has 0 heterocycles. The first-order valence-corrected chi connectivity index (χ1v) is 11.3. The lowest BCUT2D eigenvalue weighted by Gasteiger charge is -2.15. The molecule has 0 amide bonds. The van der Waals surface area contributed by atoms with Gasteiger partial charge in [-0.3, -0.25) is 0 Å². The summed E-state index contributed by atoms with van der Waals surface area (Å²) in [5.74, 6) is -0.709.